The molecule has 2 amide bonds. The van der Waals surface area contributed by atoms with Crippen LogP contribution in [0.4, 0.5) is 0 Å². The van der Waals surface area contributed by atoms with Crippen molar-refractivity contribution in [3.8, 4) is 0 Å². The maximum Gasteiger partial charge on any atom is 0.416 e. The molecule has 2 aromatic rings. The summed E-state index contributed by atoms with van der Waals surface area (Å²) in [5.74, 6) is -0.860. The molecular formula is C14H15N3O5. The van der Waals surface area contributed by atoms with Crippen LogP contribution in [0.15, 0.2) is 38.3 Å². The number of hydrogen-bond donors (Lipinski definition) is 1. The van der Waals surface area contributed by atoms with Crippen molar-refractivity contribution in [3.05, 3.63) is 46.7 Å². The Kier molecular flexibility index (Phi) is 3.82. The van der Waals surface area contributed by atoms with Crippen LogP contribution >= 0.6 is 0 Å². The average Bonchev–Trinajstić information content (AvgIpc) is 3.13. The Morgan fingerprint density at radius 2 is 1.77 bits per heavy atom. The van der Waals surface area contributed by atoms with E-state index in [2.05, 4.69) is 9.40 Å². The molecule has 0 radical (unpaired) electrons. The molecule has 0 saturated carbocycles. The molecule has 8 nitrogen and oxygen atoms in total. The first-order valence-electron chi connectivity index (χ1n) is 6.95. The van der Waals surface area contributed by atoms with Gasteiger partial charge in [-0.1, -0.05) is 0 Å². The summed E-state index contributed by atoms with van der Waals surface area (Å²) in [6.45, 7) is 1.85. The second kappa shape index (κ2) is 5.92. The smallest absolute Gasteiger partial charge is 0.416 e. The highest BCUT2D eigenvalue weighted by Crippen LogP contribution is 2.11. The van der Waals surface area contributed by atoms with E-state index >= 15 is 0 Å². The van der Waals surface area contributed by atoms with Gasteiger partial charge in [-0.05, 0) is 18.6 Å². The molecule has 3 rings (SSSR count). The molecule has 0 unspecified atom stereocenters. The first-order valence-corrected chi connectivity index (χ1v) is 6.95. The minimum absolute atomic E-state index is 0.121. The molecule has 2 aromatic heterocycles. The summed E-state index contributed by atoms with van der Waals surface area (Å²) in [4.78, 5) is 41.0. The van der Waals surface area contributed by atoms with E-state index in [9.17, 15) is 14.4 Å². The SMILES string of the molecule is O=C(c1coc(=O)[nH]1)N1CCCN(C(=O)c2ccco2)CC1. The van der Waals surface area contributed by atoms with Gasteiger partial charge in [-0.25, -0.2) is 4.79 Å². The van der Waals surface area contributed by atoms with Crippen LogP contribution in [0.1, 0.15) is 27.5 Å². The van der Waals surface area contributed by atoms with E-state index in [4.69, 9.17) is 4.42 Å². The van der Waals surface area contributed by atoms with Crippen LogP contribution < -0.4 is 5.76 Å². The minimum atomic E-state index is -0.659. The maximum absolute atomic E-state index is 12.2. The van der Waals surface area contributed by atoms with E-state index in [1.807, 2.05) is 0 Å². The zero-order chi connectivity index (χ0) is 15.5. The summed E-state index contributed by atoms with van der Waals surface area (Å²) >= 11 is 0. The summed E-state index contributed by atoms with van der Waals surface area (Å²) in [7, 11) is 0. The highest BCUT2D eigenvalue weighted by molar-refractivity contribution is 5.93. The van der Waals surface area contributed by atoms with Gasteiger partial charge < -0.3 is 18.6 Å². The Morgan fingerprint density at radius 1 is 1.05 bits per heavy atom. The minimum Gasteiger partial charge on any atom is -0.459 e. The Balaban J connectivity index is 1.66. The molecule has 0 aromatic carbocycles. The lowest BCUT2D eigenvalue weighted by Crippen LogP contribution is -2.37. The van der Waals surface area contributed by atoms with E-state index in [-0.39, 0.29) is 17.5 Å². The van der Waals surface area contributed by atoms with Crippen LogP contribution in [0.3, 0.4) is 0 Å². The normalized spacial score (nSPS) is 15.6. The van der Waals surface area contributed by atoms with E-state index in [0.717, 1.165) is 6.26 Å². The first-order chi connectivity index (χ1) is 10.6. The molecule has 1 N–H and O–H groups in total. The summed E-state index contributed by atoms with van der Waals surface area (Å²) in [5, 5.41) is 0. The molecule has 22 heavy (non-hydrogen) atoms. The second-order valence-corrected chi connectivity index (χ2v) is 4.98. The van der Waals surface area contributed by atoms with Gasteiger partial charge in [-0.15, -0.1) is 0 Å². The molecule has 0 bridgehead atoms. The summed E-state index contributed by atoms with van der Waals surface area (Å²) in [6, 6.07) is 3.28. The number of H-pyrrole nitrogens is 1. The van der Waals surface area contributed by atoms with Gasteiger partial charge in [0, 0.05) is 26.2 Å². The van der Waals surface area contributed by atoms with Crippen LogP contribution in [-0.2, 0) is 0 Å². The molecular weight excluding hydrogens is 290 g/mol. The molecule has 1 aliphatic heterocycles. The number of hydrogen-bond acceptors (Lipinski definition) is 5. The fourth-order valence-electron chi connectivity index (χ4n) is 2.44. The average molecular weight is 305 g/mol. The Bertz CT molecular complexity index is 715. The number of carbonyl (C=O) groups excluding carboxylic acids is 2. The van der Waals surface area contributed by atoms with Crippen LogP contribution in [0.5, 0.6) is 0 Å². The van der Waals surface area contributed by atoms with Gasteiger partial charge in [0.05, 0.1) is 6.26 Å². The van der Waals surface area contributed by atoms with Gasteiger partial charge >= 0.3 is 5.76 Å². The van der Waals surface area contributed by atoms with Crippen molar-refractivity contribution in [2.45, 2.75) is 6.42 Å². The molecule has 1 saturated heterocycles. The van der Waals surface area contributed by atoms with Crippen LogP contribution in [0.25, 0.3) is 0 Å². The number of amides is 2. The highest BCUT2D eigenvalue weighted by atomic mass is 16.4. The first kappa shape index (κ1) is 14.2. The molecule has 3 heterocycles. The largest absolute Gasteiger partial charge is 0.459 e. The molecule has 0 aliphatic carbocycles. The summed E-state index contributed by atoms with van der Waals surface area (Å²) in [5.41, 5.74) is 0.121. The number of furan rings is 1. The Hall–Kier alpha value is -2.77. The number of rotatable bonds is 2. The Labute approximate surface area is 125 Å². The maximum atomic E-state index is 12.2. The topological polar surface area (TPSA) is 99.8 Å². The number of aromatic nitrogens is 1. The summed E-state index contributed by atoms with van der Waals surface area (Å²) in [6.07, 6.45) is 3.22. The fourth-order valence-corrected chi connectivity index (χ4v) is 2.44. The fraction of sp³-hybridized carbons (Fsp3) is 0.357. The predicted octanol–water partition coefficient (Wildman–Crippen LogP) is 0.549. The van der Waals surface area contributed by atoms with Crippen molar-refractivity contribution >= 4 is 11.8 Å². The van der Waals surface area contributed by atoms with Crippen molar-refractivity contribution in [2.75, 3.05) is 26.2 Å². The molecule has 1 aliphatic rings. The summed E-state index contributed by atoms with van der Waals surface area (Å²) < 4.78 is 9.69. The quantitative estimate of drug-likeness (QED) is 0.873. The third-order valence-electron chi connectivity index (χ3n) is 3.55. The van der Waals surface area contributed by atoms with Crippen molar-refractivity contribution < 1.29 is 18.4 Å². The van der Waals surface area contributed by atoms with Crippen molar-refractivity contribution in [1.29, 1.82) is 0 Å². The zero-order valence-corrected chi connectivity index (χ0v) is 11.8. The molecule has 0 atom stereocenters. The molecule has 1 fully saturated rings. The molecule has 0 spiro atoms. The molecule has 116 valence electrons. The predicted molar refractivity (Wildman–Crippen MR) is 74.5 cm³/mol. The third kappa shape index (κ3) is 2.80. The number of nitrogens with zero attached hydrogens (tertiary/aromatic N) is 2. The van der Waals surface area contributed by atoms with Gasteiger partial charge in [0.1, 0.15) is 12.0 Å². The van der Waals surface area contributed by atoms with Gasteiger partial charge in [0.25, 0.3) is 11.8 Å². The van der Waals surface area contributed by atoms with Gasteiger partial charge in [0.15, 0.2) is 5.76 Å². The third-order valence-corrected chi connectivity index (χ3v) is 3.55. The van der Waals surface area contributed by atoms with Crippen LogP contribution in [0, 0.1) is 0 Å². The van der Waals surface area contributed by atoms with E-state index < -0.39 is 5.76 Å². The zero-order valence-electron chi connectivity index (χ0n) is 11.8. The standard InChI is InChI=1S/C14H15N3O5/c18-12(10-9-22-14(20)15-10)16-4-2-5-17(7-6-16)13(19)11-3-1-8-21-11/h1,3,8-9H,2,4-7H2,(H,15,20). The number of nitrogens with one attached hydrogen (secondary N) is 1. The highest BCUT2D eigenvalue weighted by Gasteiger charge is 2.25. The van der Waals surface area contributed by atoms with E-state index in [1.54, 1.807) is 21.9 Å². The van der Waals surface area contributed by atoms with Crippen molar-refractivity contribution in [3.63, 3.8) is 0 Å². The second-order valence-electron chi connectivity index (χ2n) is 4.98. The van der Waals surface area contributed by atoms with E-state index in [0.29, 0.717) is 38.4 Å². The van der Waals surface area contributed by atoms with Gasteiger partial charge in [-0.3, -0.25) is 14.6 Å². The van der Waals surface area contributed by atoms with Crippen molar-refractivity contribution in [2.24, 2.45) is 0 Å². The monoisotopic (exact) mass is 305 g/mol. The van der Waals surface area contributed by atoms with Gasteiger partial charge in [0.2, 0.25) is 0 Å². The van der Waals surface area contributed by atoms with Crippen LogP contribution in [0.2, 0.25) is 0 Å². The Morgan fingerprint density at radius 3 is 2.36 bits per heavy atom. The number of oxazole rings is 1. The lowest BCUT2D eigenvalue weighted by molar-refractivity contribution is 0.0698. The number of carbonyl (C=O) groups is 2. The molecule has 8 heteroatoms. The lowest BCUT2D eigenvalue weighted by Gasteiger charge is -2.20. The van der Waals surface area contributed by atoms with Crippen molar-refractivity contribution in [1.82, 2.24) is 14.8 Å². The van der Waals surface area contributed by atoms with E-state index in [1.165, 1.54) is 6.26 Å². The van der Waals surface area contributed by atoms with Gasteiger partial charge in [-0.2, -0.15) is 0 Å². The van der Waals surface area contributed by atoms with Crippen LogP contribution in [-0.4, -0.2) is 52.8 Å². The number of aromatic amines is 1. The lowest BCUT2D eigenvalue weighted by atomic mass is 10.3.